The van der Waals surface area contributed by atoms with Crippen molar-refractivity contribution in [1.82, 2.24) is 15.3 Å². The zero-order valence-corrected chi connectivity index (χ0v) is 11.9. The largest absolute Gasteiger partial charge is 0.310 e. The first-order valence-corrected chi connectivity index (χ1v) is 7.15. The Morgan fingerprint density at radius 2 is 2.17 bits per heavy atom. The predicted octanol–water partition coefficient (Wildman–Crippen LogP) is 3.27. The van der Waals surface area contributed by atoms with Crippen molar-refractivity contribution in [3.05, 3.63) is 35.0 Å². The maximum absolute atomic E-state index is 4.69. The molecule has 0 spiro atoms. The number of thiazole rings is 1. The third-order valence-electron chi connectivity index (χ3n) is 2.67. The fraction of sp³-hybridized carbons (Fsp3) is 0.429. The summed E-state index contributed by atoms with van der Waals surface area (Å²) >= 11 is 1.74. The van der Waals surface area contributed by atoms with Gasteiger partial charge in [0.25, 0.3) is 0 Å². The second-order valence-electron chi connectivity index (χ2n) is 4.49. The number of aromatic nitrogens is 2. The van der Waals surface area contributed by atoms with E-state index < -0.39 is 0 Å². The summed E-state index contributed by atoms with van der Waals surface area (Å²) in [5.41, 5.74) is 2.15. The fourth-order valence-electron chi connectivity index (χ4n) is 1.69. The quantitative estimate of drug-likeness (QED) is 0.897. The van der Waals surface area contributed by atoms with Crippen LogP contribution in [0.15, 0.2) is 24.4 Å². The summed E-state index contributed by atoms with van der Waals surface area (Å²) in [4.78, 5) is 10.4. The highest BCUT2D eigenvalue weighted by Crippen LogP contribution is 2.27. The van der Waals surface area contributed by atoms with Crippen LogP contribution >= 0.6 is 11.3 Å². The molecule has 2 aromatic rings. The molecule has 0 bridgehead atoms. The van der Waals surface area contributed by atoms with Gasteiger partial charge in [0.1, 0.15) is 5.01 Å². The van der Waals surface area contributed by atoms with Crippen LogP contribution in [0.4, 0.5) is 0 Å². The Balaban J connectivity index is 2.24. The van der Waals surface area contributed by atoms with Gasteiger partial charge in [-0.3, -0.25) is 4.98 Å². The van der Waals surface area contributed by atoms with Crippen LogP contribution in [0, 0.1) is 0 Å². The zero-order valence-electron chi connectivity index (χ0n) is 11.1. The lowest BCUT2D eigenvalue weighted by Crippen LogP contribution is -2.21. The Hall–Kier alpha value is -1.26. The lowest BCUT2D eigenvalue weighted by Gasteiger charge is -2.06. The van der Waals surface area contributed by atoms with Crippen molar-refractivity contribution in [3.8, 4) is 10.7 Å². The van der Waals surface area contributed by atoms with Gasteiger partial charge in [-0.2, -0.15) is 0 Å². The van der Waals surface area contributed by atoms with E-state index in [2.05, 4.69) is 31.1 Å². The molecule has 18 heavy (non-hydrogen) atoms. The third kappa shape index (κ3) is 3.15. The Labute approximate surface area is 112 Å². The highest BCUT2D eigenvalue weighted by molar-refractivity contribution is 7.15. The molecule has 0 amide bonds. The van der Waals surface area contributed by atoms with Crippen molar-refractivity contribution < 1.29 is 0 Å². The lowest BCUT2D eigenvalue weighted by atomic mass is 10.3. The molecule has 0 aromatic carbocycles. The molecule has 0 saturated carbocycles. The summed E-state index contributed by atoms with van der Waals surface area (Å²) in [5, 5.41) is 4.47. The minimum absolute atomic E-state index is 0.495. The van der Waals surface area contributed by atoms with E-state index in [1.165, 1.54) is 10.6 Å². The minimum Gasteiger partial charge on any atom is -0.310 e. The van der Waals surface area contributed by atoms with Crippen LogP contribution in [0.5, 0.6) is 0 Å². The molecule has 1 N–H and O–H groups in total. The highest BCUT2D eigenvalue weighted by atomic mass is 32.1. The van der Waals surface area contributed by atoms with E-state index >= 15 is 0 Å². The number of nitrogens with zero attached hydrogens (tertiary/aromatic N) is 2. The van der Waals surface area contributed by atoms with Crippen molar-refractivity contribution in [1.29, 1.82) is 0 Å². The maximum Gasteiger partial charge on any atom is 0.142 e. The van der Waals surface area contributed by atoms with E-state index in [9.17, 15) is 0 Å². The van der Waals surface area contributed by atoms with Gasteiger partial charge in [0.2, 0.25) is 0 Å². The molecular formula is C14H19N3S. The second-order valence-corrected chi connectivity index (χ2v) is 5.58. The first kappa shape index (κ1) is 13.2. The van der Waals surface area contributed by atoms with Crippen molar-refractivity contribution in [2.45, 2.75) is 39.8 Å². The van der Waals surface area contributed by atoms with Crippen LogP contribution in [-0.2, 0) is 13.0 Å². The Bertz CT molecular complexity index is 491. The minimum atomic E-state index is 0.495. The molecule has 0 fully saturated rings. The van der Waals surface area contributed by atoms with Gasteiger partial charge >= 0.3 is 0 Å². The second kappa shape index (κ2) is 6.07. The van der Waals surface area contributed by atoms with Gasteiger partial charge in [-0.15, -0.1) is 11.3 Å². The molecule has 4 heteroatoms. The van der Waals surface area contributed by atoms with Crippen LogP contribution < -0.4 is 5.32 Å². The van der Waals surface area contributed by atoms with Crippen LogP contribution in [0.25, 0.3) is 10.7 Å². The normalized spacial score (nSPS) is 11.1. The summed E-state index contributed by atoms with van der Waals surface area (Å²) in [6.45, 7) is 7.36. The molecule has 0 aliphatic carbocycles. The summed E-state index contributed by atoms with van der Waals surface area (Å²) in [6.07, 6.45) is 2.78. The van der Waals surface area contributed by atoms with Gasteiger partial charge in [-0.25, -0.2) is 4.98 Å². The van der Waals surface area contributed by atoms with Crippen LogP contribution in [-0.4, -0.2) is 16.0 Å². The zero-order chi connectivity index (χ0) is 13.0. The topological polar surface area (TPSA) is 37.8 Å². The molecule has 0 atom stereocenters. The molecule has 0 saturated heterocycles. The summed E-state index contributed by atoms with van der Waals surface area (Å²) in [5.74, 6) is 0. The van der Waals surface area contributed by atoms with Gasteiger partial charge in [0.05, 0.1) is 11.4 Å². The van der Waals surface area contributed by atoms with E-state index in [-0.39, 0.29) is 0 Å². The average molecular weight is 261 g/mol. The summed E-state index contributed by atoms with van der Waals surface area (Å²) in [6, 6.07) is 6.44. The van der Waals surface area contributed by atoms with Crippen LogP contribution in [0.2, 0.25) is 0 Å². The number of hydrogen-bond acceptors (Lipinski definition) is 4. The molecule has 96 valence electrons. The number of nitrogens with one attached hydrogen (secondary N) is 1. The van der Waals surface area contributed by atoms with E-state index in [1.807, 2.05) is 24.4 Å². The Morgan fingerprint density at radius 3 is 2.78 bits per heavy atom. The smallest absolute Gasteiger partial charge is 0.142 e. The van der Waals surface area contributed by atoms with Crippen molar-refractivity contribution in [3.63, 3.8) is 0 Å². The fourth-order valence-corrected chi connectivity index (χ4v) is 2.77. The third-order valence-corrected chi connectivity index (χ3v) is 3.79. The number of hydrogen-bond donors (Lipinski definition) is 1. The van der Waals surface area contributed by atoms with Gasteiger partial charge in [0, 0.05) is 23.7 Å². The molecule has 3 nitrogen and oxygen atoms in total. The summed E-state index contributed by atoms with van der Waals surface area (Å²) in [7, 11) is 0. The molecule has 2 rings (SSSR count). The number of pyridine rings is 1. The predicted molar refractivity (Wildman–Crippen MR) is 76.7 cm³/mol. The maximum atomic E-state index is 4.69. The number of rotatable bonds is 5. The first-order chi connectivity index (χ1) is 8.70. The number of aryl methyl sites for hydroxylation is 1. The molecule has 0 aliphatic rings. The van der Waals surface area contributed by atoms with Crippen LogP contribution in [0.3, 0.4) is 0 Å². The SMILES string of the molecule is CCc1nc(-c2ccccn2)sc1CNC(C)C. The molecule has 0 aliphatic heterocycles. The lowest BCUT2D eigenvalue weighted by molar-refractivity contribution is 0.590. The van der Waals surface area contributed by atoms with E-state index in [4.69, 9.17) is 4.98 Å². The monoisotopic (exact) mass is 261 g/mol. The molecule has 2 heterocycles. The Morgan fingerprint density at radius 1 is 1.33 bits per heavy atom. The van der Waals surface area contributed by atoms with E-state index in [1.54, 1.807) is 11.3 Å². The van der Waals surface area contributed by atoms with Crippen molar-refractivity contribution >= 4 is 11.3 Å². The standard InChI is InChI=1S/C14H19N3S/c1-4-11-13(9-16-10(2)3)18-14(17-11)12-7-5-6-8-15-12/h5-8,10,16H,4,9H2,1-3H3. The Kier molecular flexibility index (Phi) is 4.44. The average Bonchev–Trinajstić information content (AvgIpc) is 2.80. The molecule has 2 aromatic heterocycles. The van der Waals surface area contributed by atoms with Crippen molar-refractivity contribution in [2.24, 2.45) is 0 Å². The van der Waals surface area contributed by atoms with E-state index in [0.717, 1.165) is 23.7 Å². The summed E-state index contributed by atoms with van der Waals surface area (Å²) < 4.78 is 0. The van der Waals surface area contributed by atoms with Crippen molar-refractivity contribution in [2.75, 3.05) is 0 Å². The molecule has 0 radical (unpaired) electrons. The highest BCUT2D eigenvalue weighted by Gasteiger charge is 2.11. The van der Waals surface area contributed by atoms with Gasteiger partial charge in [-0.05, 0) is 18.6 Å². The molecule has 0 unspecified atom stereocenters. The van der Waals surface area contributed by atoms with E-state index in [0.29, 0.717) is 6.04 Å². The molecular weight excluding hydrogens is 242 g/mol. The van der Waals surface area contributed by atoms with Gasteiger partial charge in [-0.1, -0.05) is 26.8 Å². The van der Waals surface area contributed by atoms with Gasteiger partial charge < -0.3 is 5.32 Å². The van der Waals surface area contributed by atoms with Gasteiger partial charge in [0.15, 0.2) is 0 Å². The van der Waals surface area contributed by atoms with Crippen LogP contribution in [0.1, 0.15) is 31.3 Å². The first-order valence-electron chi connectivity index (χ1n) is 6.34.